The monoisotopic (exact) mass is 584 g/mol. The van der Waals surface area contributed by atoms with Crippen molar-refractivity contribution in [2.45, 2.75) is 6.92 Å². The number of para-hydroxylation sites is 1. The summed E-state index contributed by atoms with van der Waals surface area (Å²) in [7, 11) is 2.94. The number of esters is 1. The molecule has 2 heterocycles. The van der Waals surface area contributed by atoms with E-state index in [2.05, 4.69) is 45.7 Å². The number of methoxy groups -OCH3 is 2. The first-order valence-corrected chi connectivity index (χ1v) is 13.7. The van der Waals surface area contributed by atoms with Crippen molar-refractivity contribution < 1.29 is 23.9 Å². The molecular weight excluding hydrogens is 557 g/mol. The maximum atomic E-state index is 11.7. The molecule has 4 aromatic rings. The fourth-order valence-corrected chi connectivity index (χ4v) is 4.42. The van der Waals surface area contributed by atoms with E-state index in [1.807, 2.05) is 67.6 Å². The third kappa shape index (κ3) is 7.88. The van der Waals surface area contributed by atoms with E-state index in [0.29, 0.717) is 16.4 Å². The Morgan fingerprint density at radius 3 is 2.18 bits per heavy atom. The number of ether oxygens (including phenoxy) is 2. The molecule has 0 saturated heterocycles. The molecule has 2 aromatic carbocycles. The number of rotatable bonds is 8. The third-order valence-corrected chi connectivity index (χ3v) is 6.91. The minimum absolute atomic E-state index is 0.0793. The summed E-state index contributed by atoms with van der Waals surface area (Å²) < 4.78 is 11.5. The molecule has 2 N–H and O–H groups in total. The molecule has 12 heteroatoms. The van der Waals surface area contributed by atoms with Gasteiger partial charge in [-0.3, -0.25) is 9.59 Å². The molecule has 0 aliphatic heterocycles. The van der Waals surface area contributed by atoms with Gasteiger partial charge in [0.2, 0.25) is 11.8 Å². The van der Waals surface area contributed by atoms with Crippen molar-refractivity contribution in [1.82, 2.24) is 9.78 Å². The Bertz CT molecular complexity index is 1420. The molecule has 2 amide bonds. The van der Waals surface area contributed by atoms with Crippen LogP contribution in [0.25, 0.3) is 16.9 Å². The number of benzene rings is 2. The number of aryl methyl sites for hydroxylation is 1. The van der Waals surface area contributed by atoms with Crippen molar-refractivity contribution in [3.63, 3.8) is 0 Å². The number of anilines is 2. The van der Waals surface area contributed by atoms with E-state index in [1.54, 1.807) is 17.2 Å². The summed E-state index contributed by atoms with van der Waals surface area (Å²) in [5, 5.41) is 11.9. The average molecular weight is 585 g/mol. The summed E-state index contributed by atoms with van der Waals surface area (Å²) in [6.07, 6.45) is 0. The smallest absolute Gasteiger partial charge is 0.350 e. The molecule has 0 aliphatic carbocycles. The summed E-state index contributed by atoms with van der Waals surface area (Å²) in [5.41, 5.74) is 3.93. The highest BCUT2D eigenvalue weighted by Gasteiger charge is 2.18. The molecule has 2 aromatic heterocycles. The highest BCUT2D eigenvalue weighted by molar-refractivity contribution is 7.81. The van der Waals surface area contributed by atoms with Gasteiger partial charge in [-0.25, -0.2) is 9.48 Å². The Morgan fingerprint density at radius 2 is 1.59 bits per heavy atom. The minimum Gasteiger partial charge on any atom is -0.497 e. The Morgan fingerprint density at radius 1 is 0.949 bits per heavy atom. The lowest BCUT2D eigenvalue weighted by atomic mass is 10.1. The largest absolute Gasteiger partial charge is 0.497 e. The fourth-order valence-electron chi connectivity index (χ4n) is 3.34. The van der Waals surface area contributed by atoms with Crippen molar-refractivity contribution in [1.29, 1.82) is 0 Å². The number of nitrogens with zero attached hydrogens (tertiary/aromatic N) is 2. The predicted molar refractivity (Wildman–Crippen MR) is 161 cm³/mol. The normalized spacial score (nSPS) is 10.2. The van der Waals surface area contributed by atoms with Gasteiger partial charge in [-0.1, -0.05) is 18.2 Å². The van der Waals surface area contributed by atoms with Gasteiger partial charge < -0.3 is 20.1 Å². The molecule has 39 heavy (non-hydrogen) atoms. The molecule has 0 spiro atoms. The van der Waals surface area contributed by atoms with Crippen molar-refractivity contribution in [3.05, 3.63) is 76.5 Å². The maximum Gasteiger partial charge on any atom is 0.350 e. The molecule has 9 nitrogen and oxygen atoms in total. The zero-order chi connectivity index (χ0) is 28.4. The van der Waals surface area contributed by atoms with E-state index in [-0.39, 0.29) is 23.3 Å². The second-order valence-electron chi connectivity index (χ2n) is 7.92. The van der Waals surface area contributed by atoms with Crippen molar-refractivity contribution >= 4 is 65.9 Å². The summed E-state index contributed by atoms with van der Waals surface area (Å²) in [5.74, 6) is 0.702. The van der Waals surface area contributed by atoms with Crippen LogP contribution in [0.5, 0.6) is 5.75 Å². The lowest BCUT2D eigenvalue weighted by Gasteiger charge is -2.07. The van der Waals surface area contributed by atoms with E-state index < -0.39 is 5.97 Å². The summed E-state index contributed by atoms with van der Waals surface area (Å²) in [6, 6.07) is 19.1. The number of carbonyl (C=O) groups is 3. The first-order chi connectivity index (χ1) is 18.8. The zero-order valence-corrected chi connectivity index (χ0v) is 24.1. The van der Waals surface area contributed by atoms with Crippen LogP contribution in [0, 0.1) is 6.92 Å². The van der Waals surface area contributed by atoms with Gasteiger partial charge in [-0.05, 0) is 54.3 Å². The highest BCUT2D eigenvalue weighted by Crippen LogP contribution is 2.28. The third-order valence-electron chi connectivity index (χ3n) is 5.26. The van der Waals surface area contributed by atoms with Crippen LogP contribution in [-0.4, -0.2) is 53.3 Å². The molecule has 0 atom stereocenters. The van der Waals surface area contributed by atoms with Gasteiger partial charge >= 0.3 is 5.97 Å². The van der Waals surface area contributed by atoms with Gasteiger partial charge in [0.1, 0.15) is 16.4 Å². The number of amides is 2. The van der Waals surface area contributed by atoms with Crippen molar-refractivity contribution in [3.8, 4) is 22.7 Å². The van der Waals surface area contributed by atoms with Crippen molar-refractivity contribution in [2.75, 3.05) is 36.4 Å². The number of hydrogen-bond donors (Lipinski definition) is 4. The molecule has 0 saturated carbocycles. The number of carbonyl (C=O) groups excluding carboxylic acids is 3. The molecule has 0 radical (unpaired) electrons. The number of nitrogens with one attached hydrogen (secondary N) is 2. The number of aromatic nitrogens is 2. The number of thiophene rings is 1. The minimum atomic E-state index is -0.442. The topological polar surface area (TPSA) is 112 Å². The molecule has 0 bridgehead atoms. The van der Waals surface area contributed by atoms with E-state index in [0.717, 1.165) is 28.3 Å². The van der Waals surface area contributed by atoms with Gasteiger partial charge in [-0.2, -0.15) is 30.4 Å². The highest BCUT2D eigenvalue weighted by atomic mass is 32.1. The molecular formula is C27H28N4O5S3. The van der Waals surface area contributed by atoms with Crippen LogP contribution in [0.1, 0.15) is 15.2 Å². The van der Waals surface area contributed by atoms with Gasteiger partial charge in [0.15, 0.2) is 0 Å². The van der Waals surface area contributed by atoms with Crippen molar-refractivity contribution in [2.24, 2.45) is 0 Å². The second-order valence-corrected chi connectivity index (χ2v) is 9.43. The molecule has 0 unspecified atom stereocenters. The quantitative estimate of drug-likeness (QED) is 0.169. The lowest BCUT2D eigenvalue weighted by Crippen LogP contribution is -2.15. The Balaban J connectivity index is 0.000000242. The first kappa shape index (κ1) is 29.8. The van der Waals surface area contributed by atoms with Crippen LogP contribution in [0.15, 0.2) is 66.0 Å². The van der Waals surface area contributed by atoms with Crippen LogP contribution in [0.2, 0.25) is 0 Å². The summed E-state index contributed by atoms with van der Waals surface area (Å²) in [4.78, 5) is 34.7. The molecule has 204 valence electrons. The van der Waals surface area contributed by atoms with Gasteiger partial charge in [-0.15, -0.1) is 11.3 Å². The standard InChI is InChI=1S/C18H17N3O2S.C9H11NO3S2/c1-23-15-9-7-13(8-10-15)16-11-17(19-18(22)12-24)21(20-16)14-5-3-2-4-6-14;1-5-4-15-8(9(12)13-2)7(5)10-6(11)3-14/h2-11,24H,12H2,1H3,(H,19,22);4,14H,3H2,1-2H3,(H,10,11). The van der Waals surface area contributed by atoms with Crippen LogP contribution in [-0.2, 0) is 14.3 Å². The average Bonchev–Trinajstić information content (AvgIpc) is 3.56. The van der Waals surface area contributed by atoms with E-state index in [9.17, 15) is 14.4 Å². The van der Waals surface area contributed by atoms with E-state index in [1.165, 1.54) is 18.4 Å². The maximum absolute atomic E-state index is 11.7. The van der Waals surface area contributed by atoms with Gasteiger partial charge in [0, 0.05) is 11.6 Å². The van der Waals surface area contributed by atoms with Crippen LogP contribution in [0.3, 0.4) is 0 Å². The van der Waals surface area contributed by atoms with Crippen LogP contribution >= 0.6 is 36.6 Å². The second kappa shape index (κ2) is 14.4. The Kier molecular flexibility index (Phi) is 11.0. The lowest BCUT2D eigenvalue weighted by molar-refractivity contribution is -0.114. The summed E-state index contributed by atoms with van der Waals surface area (Å²) >= 11 is 9.10. The SMILES string of the molecule is COC(=O)c1scc(C)c1NC(=O)CS.COc1ccc(-c2cc(NC(=O)CS)n(-c3ccccc3)n2)cc1. The molecule has 0 aliphatic rings. The predicted octanol–water partition coefficient (Wildman–Crippen LogP) is 5.13. The number of thiol groups is 2. The fraction of sp³-hybridized carbons (Fsp3) is 0.185. The Labute approximate surface area is 241 Å². The van der Waals surface area contributed by atoms with E-state index in [4.69, 9.17) is 4.74 Å². The zero-order valence-electron chi connectivity index (χ0n) is 21.5. The van der Waals surface area contributed by atoms with E-state index >= 15 is 0 Å². The van der Waals surface area contributed by atoms with Crippen LogP contribution < -0.4 is 15.4 Å². The van der Waals surface area contributed by atoms with Gasteiger partial charge in [0.05, 0.1) is 42.8 Å². The molecule has 4 rings (SSSR count). The Hall–Kier alpha value is -3.74. The summed E-state index contributed by atoms with van der Waals surface area (Å²) in [6.45, 7) is 1.82. The first-order valence-electron chi connectivity index (χ1n) is 11.6. The van der Waals surface area contributed by atoms with Crippen LogP contribution in [0.4, 0.5) is 11.5 Å². The number of hydrogen-bond acceptors (Lipinski definition) is 9. The van der Waals surface area contributed by atoms with Gasteiger partial charge in [0.25, 0.3) is 0 Å². The molecule has 0 fully saturated rings.